The largest absolute Gasteiger partial charge is 0.409 e. The number of allylic oxidation sites excluding steroid dienone is 1. The molecule has 2 rings (SSSR count). The van der Waals surface area contributed by atoms with Crippen LogP contribution >= 0.6 is 0 Å². The van der Waals surface area contributed by atoms with Crippen LogP contribution in [0.15, 0.2) is 17.1 Å². The summed E-state index contributed by atoms with van der Waals surface area (Å²) in [6, 6.07) is 0. The van der Waals surface area contributed by atoms with E-state index < -0.39 is 48.8 Å². The molecule has 0 unspecified atom stereocenters. The van der Waals surface area contributed by atoms with Gasteiger partial charge in [-0.05, 0) is 6.08 Å². The summed E-state index contributed by atoms with van der Waals surface area (Å²) in [4.78, 5) is 15.2. The minimum Gasteiger partial charge on any atom is -0.394 e. The first kappa shape index (κ1) is 17.4. The molecule has 0 spiro atoms. The first-order valence-corrected chi connectivity index (χ1v) is 6.41. The Balaban J connectivity index is 2.40. The highest BCUT2D eigenvalue weighted by atomic mass is 19.4. The van der Waals surface area contributed by atoms with Gasteiger partial charge < -0.3 is 25.8 Å². The fraction of sp³-hybridized carbons (Fsp3) is 0.500. The molecule has 5 N–H and O–H groups in total. The van der Waals surface area contributed by atoms with Crippen LogP contribution in [0.3, 0.4) is 0 Å². The molecule has 1 aliphatic rings. The van der Waals surface area contributed by atoms with Crippen LogP contribution in [0, 0.1) is 0 Å². The number of hydrogen-bond acceptors (Lipinski definition) is 7. The van der Waals surface area contributed by atoms with Crippen LogP contribution in [0.4, 0.5) is 19.0 Å². The second kappa shape index (κ2) is 6.28. The van der Waals surface area contributed by atoms with Crippen molar-refractivity contribution in [1.82, 2.24) is 9.55 Å². The van der Waals surface area contributed by atoms with Crippen molar-refractivity contribution in [3.8, 4) is 0 Å². The first-order valence-electron chi connectivity index (χ1n) is 6.41. The van der Waals surface area contributed by atoms with Gasteiger partial charge in [-0.2, -0.15) is 18.2 Å². The SMILES string of the molecule is Nc1nc(=O)n([C@@H]2O[C@H](CO)[C@@H](O)[C@@H]2O)cc1/C=C/C(F)(F)F. The Morgan fingerprint density at radius 2 is 2.04 bits per heavy atom. The third kappa shape index (κ3) is 3.69. The lowest BCUT2D eigenvalue weighted by Gasteiger charge is -2.18. The molecule has 1 aliphatic heterocycles. The highest BCUT2D eigenvalue weighted by Crippen LogP contribution is 2.29. The number of aliphatic hydroxyl groups excluding tert-OH is 3. The summed E-state index contributed by atoms with van der Waals surface area (Å²) in [5, 5.41) is 28.5. The number of ether oxygens (including phenoxy) is 1. The standard InChI is InChI=1S/C12H14F3N3O5/c13-12(14,15)2-1-5-3-18(11(22)17-9(5)16)10-8(21)7(20)6(4-19)23-10/h1-3,6-8,10,19-21H,4H2,(H2,16,17,22)/b2-1+/t6-,7-,8+,10-/m1/s1. The van der Waals surface area contributed by atoms with Gasteiger partial charge in [0.2, 0.25) is 0 Å². The summed E-state index contributed by atoms with van der Waals surface area (Å²) in [6.45, 7) is -0.618. The molecule has 4 atom stereocenters. The Morgan fingerprint density at radius 1 is 1.39 bits per heavy atom. The molecule has 0 bridgehead atoms. The van der Waals surface area contributed by atoms with Gasteiger partial charge in [0.25, 0.3) is 0 Å². The average molecular weight is 337 g/mol. The molecule has 8 nitrogen and oxygen atoms in total. The van der Waals surface area contributed by atoms with Gasteiger partial charge in [-0.15, -0.1) is 0 Å². The maximum absolute atomic E-state index is 12.2. The molecule has 1 fully saturated rings. The van der Waals surface area contributed by atoms with Crippen LogP contribution in [0.25, 0.3) is 6.08 Å². The number of nitrogen functional groups attached to an aromatic ring is 1. The Labute approximate surface area is 127 Å². The van der Waals surface area contributed by atoms with Crippen LogP contribution in [-0.4, -0.2) is 56.0 Å². The van der Waals surface area contributed by atoms with E-state index >= 15 is 0 Å². The van der Waals surface area contributed by atoms with Crippen molar-refractivity contribution in [2.45, 2.75) is 30.7 Å². The summed E-state index contributed by atoms with van der Waals surface area (Å²) in [5.74, 6) is -0.432. The second-order valence-corrected chi connectivity index (χ2v) is 4.88. The van der Waals surface area contributed by atoms with Crippen LogP contribution in [0.1, 0.15) is 11.8 Å². The lowest BCUT2D eigenvalue weighted by atomic mass is 10.1. The second-order valence-electron chi connectivity index (χ2n) is 4.88. The zero-order valence-corrected chi connectivity index (χ0v) is 11.5. The fourth-order valence-electron chi connectivity index (χ4n) is 2.10. The molecule has 128 valence electrons. The van der Waals surface area contributed by atoms with E-state index in [-0.39, 0.29) is 11.6 Å². The zero-order chi connectivity index (χ0) is 17.4. The number of nitrogens with two attached hydrogens (primary N) is 1. The van der Waals surface area contributed by atoms with E-state index in [0.29, 0.717) is 10.6 Å². The van der Waals surface area contributed by atoms with Crippen molar-refractivity contribution < 1.29 is 33.2 Å². The van der Waals surface area contributed by atoms with Crippen LogP contribution in [0.2, 0.25) is 0 Å². The minimum absolute atomic E-state index is 0.0908. The summed E-state index contributed by atoms with van der Waals surface area (Å²) in [6.07, 6.45) is -8.75. The number of halogens is 3. The Morgan fingerprint density at radius 3 is 2.57 bits per heavy atom. The lowest BCUT2D eigenvalue weighted by molar-refractivity contribution is -0.0790. The van der Waals surface area contributed by atoms with Gasteiger partial charge in [-0.1, -0.05) is 0 Å². The van der Waals surface area contributed by atoms with E-state index in [1.54, 1.807) is 0 Å². The number of rotatable bonds is 3. The summed E-state index contributed by atoms with van der Waals surface area (Å²) >= 11 is 0. The molecule has 1 aromatic rings. The van der Waals surface area contributed by atoms with Gasteiger partial charge in [0.1, 0.15) is 24.1 Å². The average Bonchev–Trinajstić information content (AvgIpc) is 2.73. The highest BCUT2D eigenvalue weighted by molar-refractivity contribution is 5.60. The van der Waals surface area contributed by atoms with Crippen LogP contribution < -0.4 is 11.4 Å². The molecule has 0 aliphatic carbocycles. The fourth-order valence-corrected chi connectivity index (χ4v) is 2.10. The molecule has 1 aromatic heterocycles. The van der Waals surface area contributed by atoms with Crippen molar-refractivity contribution in [2.75, 3.05) is 12.3 Å². The van der Waals surface area contributed by atoms with Crippen molar-refractivity contribution in [1.29, 1.82) is 0 Å². The predicted molar refractivity (Wildman–Crippen MR) is 71.0 cm³/mol. The van der Waals surface area contributed by atoms with Crippen molar-refractivity contribution in [3.63, 3.8) is 0 Å². The Hall–Kier alpha value is -1.95. The number of nitrogens with zero attached hydrogens (tertiary/aromatic N) is 2. The third-order valence-electron chi connectivity index (χ3n) is 3.25. The van der Waals surface area contributed by atoms with E-state index in [9.17, 15) is 28.2 Å². The summed E-state index contributed by atoms with van der Waals surface area (Å²) < 4.78 is 42.5. The molecule has 0 radical (unpaired) electrons. The smallest absolute Gasteiger partial charge is 0.394 e. The summed E-state index contributed by atoms with van der Waals surface area (Å²) in [7, 11) is 0. The molecular weight excluding hydrogens is 323 g/mol. The highest BCUT2D eigenvalue weighted by Gasteiger charge is 2.43. The Kier molecular flexibility index (Phi) is 4.75. The number of alkyl halides is 3. The van der Waals surface area contributed by atoms with E-state index in [2.05, 4.69) is 4.98 Å². The number of aliphatic hydroxyl groups is 3. The van der Waals surface area contributed by atoms with Crippen molar-refractivity contribution in [3.05, 3.63) is 28.3 Å². The minimum atomic E-state index is -4.59. The third-order valence-corrected chi connectivity index (χ3v) is 3.25. The van der Waals surface area contributed by atoms with Gasteiger partial charge >= 0.3 is 11.9 Å². The zero-order valence-electron chi connectivity index (χ0n) is 11.5. The van der Waals surface area contributed by atoms with E-state index in [1.165, 1.54) is 0 Å². The number of hydrogen-bond donors (Lipinski definition) is 4. The quantitative estimate of drug-likeness (QED) is 0.557. The molecular formula is C12H14F3N3O5. The van der Waals surface area contributed by atoms with E-state index in [1.807, 2.05) is 0 Å². The van der Waals surface area contributed by atoms with Crippen LogP contribution in [0.5, 0.6) is 0 Å². The van der Waals surface area contributed by atoms with Crippen molar-refractivity contribution >= 4 is 11.9 Å². The van der Waals surface area contributed by atoms with Gasteiger partial charge in [-0.3, -0.25) is 4.57 Å². The maximum Gasteiger partial charge on any atom is 0.409 e. The monoisotopic (exact) mass is 337 g/mol. The Bertz CT molecular complexity index is 660. The van der Waals surface area contributed by atoms with Gasteiger partial charge in [0.05, 0.1) is 6.61 Å². The summed E-state index contributed by atoms with van der Waals surface area (Å²) in [5.41, 5.74) is 4.19. The molecule has 23 heavy (non-hydrogen) atoms. The molecule has 0 saturated carbocycles. The van der Waals surface area contributed by atoms with Gasteiger partial charge in [-0.25, -0.2) is 4.79 Å². The predicted octanol–water partition coefficient (Wildman–Crippen LogP) is -0.987. The van der Waals surface area contributed by atoms with Crippen LogP contribution in [-0.2, 0) is 4.74 Å². The van der Waals surface area contributed by atoms with Gasteiger partial charge in [0.15, 0.2) is 6.23 Å². The van der Waals surface area contributed by atoms with Gasteiger partial charge in [0, 0.05) is 17.8 Å². The van der Waals surface area contributed by atoms with E-state index in [4.69, 9.17) is 15.6 Å². The molecule has 0 amide bonds. The molecule has 11 heteroatoms. The number of aromatic nitrogens is 2. The molecule has 1 saturated heterocycles. The first-order chi connectivity index (χ1) is 10.6. The van der Waals surface area contributed by atoms with E-state index in [0.717, 1.165) is 6.20 Å². The lowest BCUT2D eigenvalue weighted by Crippen LogP contribution is -2.36. The topological polar surface area (TPSA) is 131 Å². The maximum atomic E-state index is 12.2. The molecule has 2 heterocycles. The number of anilines is 1. The molecule has 0 aromatic carbocycles. The van der Waals surface area contributed by atoms with Crippen molar-refractivity contribution in [2.24, 2.45) is 0 Å². The normalized spacial score (nSPS) is 28.6.